The molecule has 2 aromatic carbocycles. The molecule has 2 aromatic rings. The molecular formula is C25H34ClN3O4S. The van der Waals surface area contributed by atoms with Crippen LogP contribution in [0.25, 0.3) is 0 Å². The molecule has 186 valence electrons. The highest BCUT2D eigenvalue weighted by atomic mass is 35.5. The summed E-state index contributed by atoms with van der Waals surface area (Å²) in [6.07, 6.45) is 1.55. The zero-order chi connectivity index (χ0) is 25.5. The van der Waals surface area contributed by atoms with Gasteiger partial charge in [-0.05, 0) is 69.0 Å². The Bertz CT molecular complexity index is 1120. The fourth-order valence-electron chi connectivity index (χ4n) is 3.60. The lowest BCUT2D eigenvalue weighted by Gasteiger charge is -2.29. The molecule has 0 aromatic heterocycles. The van der Waals surface area contributed by atoms with Gasteiger partial charge in [0.15, 0.2) is 0 Å². The molecule has 0 saturated heterocycles. The number of halogens is 1. The quantitative estimate of drug-likeness (QED) is 0.497. The van der Waals surface area contributed by atoms with E-state index in [0.29, 0.717) is 23.7 Å². The first-order valence-electron chi connectivity index (χ1n) is 11.3. The molecule has 34 heavy (non-hydrogen) atoms. The Morgan fingerprint density at radius 2 is 1.76 bits per heavy atom. The van der Waals surface area contributed by atoms with Crippen molar-refractivity contribution in [2.75, 3.05) is 23.7 Å². The third kappa shape index (κ3) is 7.46. The maximum absolute atomic E-state index is 13.2. The molecule has 0 aliphatic heterocycles. The van der Waals surface area contributed by atoms with Gasteiger partial charge in [0.2, 0.25) is 21.8 Å². The highest BCUT2D eigenvalue weighted by molar-refractivity contribution is 7.92. The summed E-state index contributed by atoms with van der Waals surface area (Å²) in [6, 6.07) is 12.0. The molecule has 1 atom stereocenters. The minimum atomic E-state index is -3.53. The van der Waals surface area contributed by atoms with Crippen LogP contribution in [-0.2, 0) is 26.2 Å². The molecular weight excluding hydrogens is 474 g/mol. The number of nitrogens with one attached hydrogen (secondary N) is 1. The van der Waals surface area contributed by atoms with Crippen LogP contribution in [0.2, 0.25) is 5.02 Å². The number of carbonyl (C=O) groups excluding carboxylic acids is 2. The van der Waals surface area contributed by atoms with Crippen molar-refractivity contribution in [1.82, 2.24) is 10.2 Å². The van der Waals surface area contributed by atoms with Gasteiger partial charge in [-0.15, -0.1) is 0 Å². The molecule has 2 rings (SSSR count). The van der Waals surface area contributed by atoms with Crippen molar-refractivity contribution in [3.8, 4) is 0 Å². The van der Waals surface area contributed by atoms with E-state index in [4.69, 9.17) is 11.6 Å². The number of aryl methyl sites for hydroxylation is 2. The molecule has 0 spiro atoms. The van der Waals surface area contributed by atoms with Crippen LogP contribution in [0.1, 0.15) is 43.4 Å². The molecule has 2 amide bonds. The summed E-state index contributed by atoms with van der Waals surface area (Å²) < 4.78 is 26.2. The Labute approximate surface area is 208 Å². The second-order valence-corrected chi connectivity index (χ2v) is 10.7. The molecule has 0 aliphatic carbocycles. The van der Waals surface area contributed by atoms with E-state index in [1.54, 1.807) is 25.1 Å². The summed E-state index contributed by atoms with van der Waals surface area (Å²) in [5, 5.41) is 3.27. The fourth-order valence-corrected chi connectivity index (χ4v) is 4.75. The number of amides is 2. The number of nitrogens with zero attached hydrogens (tertiary/aromatic N) is 2. The summed E-state index contributed by atoms with van der Waals surface area (Å²) in [5.41, 5.74) is 3.37. The van der Waals surface area contributed by atoms with Gasteiger partial charge in [0.25, 0.3) is 0 Å². The molecule has 0 aliphatic rings. The largest absolute Gasteiger partial charge is 0.355 e. The van der Waals surface area contributed by atoms with E-state index in [1.165, 1.54) is 9.21 Å². The monoisotopic (exact) mass is 507 g/mol. The maximum Gasteiger partial charge on any atom is 0.242 e. The first-order valence-corrected chi connectivity index (χ1v) is 13.5. The van der Waals surface area contributed by atoms with Crippen LogP contribution in [0.15, 0.2) is 42.5 Å². The number of anilines is 1. The number of hydrogen-bond donors (Lipinski definition) is 1. The van der Waals surface area contributed by atoms with Gasteiger partial charge in [0.05, 0.1) is 11.9 Å². The van der Waals surface area contributed by atoms with Crippen molar-refractivity contribution in [3.05, 3.63) is 64.2 Å². The minimum Gasteiger partial charge on any atom is -0.355 e. The summed E-state index contributed by atoms with van der Waals surface area (Å²) >= 11 is 6.29. The molecule has 1 N–H and O–H groups in total. The van der Waals surface area contributed by atoms with Crippen molar-refractivity contribution < 1.29 is 18.0 Å². The van der Waals surface area contributed by atoms with Gasteiger partial charge >= 0.3 is 0 Å². The molecule has 0 bridgehead atoms. The Kier molecular flexibility index (Phi) is 9.94. The van der Waals surface area contributed by atoms with Crippen molar-refractivity contribution >= 4 is 39.1 Å². The molecule has 0 fully saturated rings. The Morgan fingerprint density at radius 3 is 2.35 bits per heavy atom. The van der Waals surface area contributed by atoms with Gasteiger partial charge in [0, 0.05) is 31.1 Å². The zero-order valence-corrected chi connectivity index (χ0v) is 22.0. The highest BCUT2D eigenvalue weighted by Gasteiger charge is 2.27. The van der Waals surface area contributed by atoms with E-state index in [9.17, 15) is 18.0 Å². The summed E-state index contributed by atoms with van der Waals surface area (Å²) in [5.74, 6) is -0.497. The lowest BCUT2D eigenvalue weighted by molar-refractivity contribution is -0.140. The molecule has 1 unspecified atom stereocenters. The predicted octanol–water partition coefficient (Wildman–Crippen LogP) is 4.06. The smallest absolute Gasteiger partial charge is 0.242 e. The van der Waals surface area contributed by atoms with Crippen LogP contribution in [0.3, 0.4) is 0 Å². The summed E-state index contributed by atoms with van der Waals surface area (Å²) in [6.45, 7) is 8.18. The number of sulfonamides is 1. The van der Waals surface area contributed by atoms with Crippen molar-refractivity contribution in [2.24, 2.45) is 0 Å². The van der Waals surface area contributed by atoms with E-state index < -0.39 is 16.1 Å². The van der Waals surface area contributed by atoms with Crippen LogP contribution in [0.4, 0.5) is 5.69 Å². The van der Waals surface area contributed by atoms with Gasteiger partial charge < -0.3 is 10.2 Å². The molecule has 0 saturated carbocycles. The fraction of sp³-hybridized carbons (Fsp3) is 0.440. The first-order chi connectivity index (χ1) is 16.0. The zero-order valence-electron chi connectivity index (χ0n) is 20.5. The van der Waals surface area contributed by atoms with E-state index in [1.807, 2.05) is 45.0 Å². The molecule has 7 nitrogen and oxygen atoms in total. The van der Waals surface area contributed by atoms with Crippen molar-refractivity contribution in [3.63, 3.8) is 0 Å². The van der Waals surface area contributed by atoms with Gasteiger partial charge in [-0.2, -0.15) is 0 Å². The average molecular weight is 508 g/mol. The third-order valence-corrected chi connectivity index (χ3v) is 7.31. The average Bonchev–Trinajstić information content (AvgIpc) is 2.77. The highest BCUT2D eigenvalue weighted by Crippen LogP contribution is 2.23. The number of benzene rings is 2. The number of hydrogen-bond acceptors (Lipinski definition) is 4. The van der Waals surface area contributed by atoms with E-state index in [-0.39, 0.29) is 31.3 Å². The van der Waals surface area contributed by atoms with E-state index >= 15 is 0 Å². The van der Waals surface area contributed by atoms with Gasteiger partial charge in [0.1, 0.15) is 6.04 Å². The van der Waals surface area contributed by atoms with E-state index in [2.05, 4.69) is 5.32 Å². The van der Waals surface area contributed by atoms with Gasteiger partial charge in [-0.3, -0.25) is 13.9 Å². The number of carbonyl (C=O) groups is 2. The Hall–Kier alpha value is -2.58. The second-order valence-electron chi connectivity index (χ2n) is 8.39. The first kappa shape index (κ1) is 27.7. The van der Waals surface area contributed by atoms with Crippen LogP contribution in [-0.4, -0.2) is 50.5 Å². The summed E-state index contributed by atoms with van der Waals surface area (Å²) in [7, 11) is -3.53. The van der Waals surface area contributed by atoms with Crippen molar-refractivity contribution in [2.45, 2.75) is 53.1 Å². The third-order valence-electron chi connectivity index (χ3n) is 5.75. The van der Waals surface area contributed by atoms with Gasteiger partial charge in [-0.25, -0.2) is 8.42 Å². The molecule has 9 heteroatoms. The van der Waals surface area contributed by atoms with Crippen molar-refractivity contribution in [1.29, 1.82) is 0 Å². The normalized spacial score (nSPS) is 12.2. The Morgan fingerprint density at radius 1 is 1.09 bits per heavy atom. The van der Waals surface area contributed by atoms with Crippen LogP contribution >= 0.6 is 11.6 Å². The standard InChI is InChI=1S/C25H34ClN3O4S/c1-6-27-25(31)20(4)28(17-21-10-7-8-11-23(21)26)24(30)12-9-15-29(34(5,32)33)22-14-13-18(2)19(3)16-22/h7-8,10-11,13-14,16,20H,6,9,12,15,17H2,1-5H3,(H,27,31). The van der Waals surface area contributed by atoms with Crippen LogP contribution in [0.5, 0.6) is 0 Å². The minimum absolute atomic E-state index is 0.0884. The molecule has 0 heterocycles. The Balaban J connectivity index is 2.18. The van der Waals surface area contributed by atoms with Gasteiger partial charge in [-0.1, -0.05) is 35.9 Å². The lowest BCUT2D eigenvalue weighted by Crippen LogP contribution is -2.47. The molecule has 0 radical (unpaired) electrons. The lowest BCUT2D eigenvalue weighted by atomic mass is 10.1. The van der Waals surface area contributed by atoms with Crippen LogP contribution < -0.4 is 9.62 Å². The topological polar surface area (TPSA) is 86.8 Å². The van der Waals surface area contributed by atoms with E-state index in [0.717, 1.165) is 22.9 Å². The number of likely N-dealkylation sites (N-methyl/N-ethyl adjacent to an activating group) is 1. The number of rotatable bonds is 11. The SMILES string of the molecule is CCNC(=O)C(C)N(Cc1ccccc1Cl)C(=O)CCCN(c1ccc(C)c(C)c1)S(C)(=O)=O. The summed E-state index contributed by atoms with van der Waals surface area (Å²) in [4.78, 5) is 27.2. The predicted molar refractivity (Wildman–Crippen MR) is 137 cm³/mol. The second kappa shape index (κ2) is 12.2. The van der Waals surface area contributed by atoms with Crippen LogP contribution in [0, 0.1) is 13.8 Å². The maximum atomic E-state index is 13.2.